The lowest BCUT2D eigenvalue weighted by Gasteiger charge is -2.35. The van der Waals surface area contributed by atoms with E-state index < -0.39 is 21.8 Å². The number of nitrogens with zero attached hydrogens (tertiary/aromatic N) is 3. The molecule has 1 aromatic heterocycles. The average molecular weight is 475 g/mol. The molecule has 7 nitrogen and oxygen atoms in total. The molecule has 3 heterocycles. The van der Waals surface area contributed by atoms with Crippen molar-refractivity contribution in [2.45, 2.75) is 23.9 Å². The van der Waals surface area contributed by atoms with Crippen LogP contribution in [-0.2, 0) is 27.4 Å². The first kappa shape index (κ1) is 21.8. The molecule has 0 aliphatic carbocycles. The van der Waals surface area contributed by atoms with Crippen LogP contribution in [0.5, 0.6) is 0 Å². The predicted octanol–water partition coefficient (Wildman–Crippen LogP) is 3.15. The number of sulfonamides is 1. The van der Waals surface area contributed by atoms with E-state index in [1.165, 1.54) is 10.4 Å². The van der Waals surface area contributed by atoms with Crippen molar-refractivity contribution in [1.82, 2.24) is 9.29 Å². The van der Waals surface area contributed by atoms with Gasteiger partial charge in [0.05, 0.1) is 15.5 Å². The Morgan fingerprint density at radius 1 is 1.06 bits per heavy atom. The van der Waals surface area contributed by atoms with Gasteiger partial charge in [0, 0.05) is 44.5 Å². The summed E-state index contributed by atoms with van der Waals surface area (Å²) in [4.78, 5) is 17.1. The second-order valence-electron chi connectivity index (χ2n) is 7.29. The first-order valence-corrected chi connectivity index (χ1v) is 11.3. The number of amides is 1. The summed E-state index contributed by atoms with van der Waals surface area (Å²) < 4.78 is 65.8. The van der Waals surface area contributed by atoms with Gasteiger partial charge in [-0.3, -0.25) is 4.79 Å². The molecule has 4 rings (SSSR count). The van der Waals surface area contributed by atoms with Gasteiger partial charge in [0.2, 0.25) is 15.9 Å². The van der Waals surface area contributed by atoms with E-state index in [4.69, 9.17) is 11.6 Å². The molecule has 0 spiro atoms. The molecule has 2 aromatic rings. The zero-order valence-corrected chi connectivity index (χ0v) is 17.7. The zero-order chi connectivity index (χ0) is 22.4. The van der Waals surface area contributed by atoms with Crippen molar-refractivity contribution in [3.8, 4) is 0 Å². The van der Waals surface area contributed by atoms with E-state index in [0.717, 1.165) is 17.8 Å². The van der Waals surface area contributed by atoms with Crippen molar-refractivity contribution >= 4 is 39.0 Å². The number of nitrogens with one attached hydrogen (secondary N) is 1. The first-order chi connectivity index (χ1) is 14.6. The van der Waals surface area contributed by atoms with Gasteiger partial charge >= 0.3 is 6.18 Å². The number of benzene rings is 1. The maximum Gasteiger partial charge on any atom is 0.417 e. The maximum atomic E-state index is 13.1. The van der Waals surface area contributed by atoms with Gasteiger partial charge in [0.15, 0.2) is 0 Å². The van der Waals surface area contributed by atoms with Gasteiger partial charge in [-0.15, -0.1) is 0 Å². The lowest BCUT2D eigenvalue weighted by Crippen LogP contribution is -2.49. The van der Waals surface area contributed by atoms with Gasteiger partial charge in [-0.05, 0) is 36.2 Å². The van der Waals surface area contributed by atoms with Crippen LogP contribution in [0.25, 0.3) is 0 Å². The molecule has 166 valence electrons. The SMILES string of the molecule is O=C1CCc2cc(S(=O)(=O)N3CCN(c4ncc(C(F)(F)F)cc4Cl)CC3)ccc2N1. The van der Waals surface area contributed by atoms with Crippen LogP contribution in [0.2, 0.25) is 5.02 Å². The number of alkyl halides is 3. The fourth-order valence-corrected chi connectivity index (χ4v) is 5.39. The van der Waals surface area contributed by atoms with Crippen LogP contribution in [-0.4, -0.2) is 49.8 Å². The average Bonchev–Trinajstić information content (AvgIpc) is 2.72. The zero-order valence-electron chi connectivity index (χ0n) is 16.1. The number of aromatic nitrogens is 1. The summed E-state index contributed by atoms with van der Waals surface area (Å²) >= 11 is 6.00. The van der Waals surface area contributed by atoms with Crippen LogP contribution >= 0.6 is 11.6 Å². The van der Waals surface area contributed by atoms with Gasteiger partial charge < -0.3 is 10.2 Å². The minimum Gasteiger partial charge on any atom is -0.353 e. The number of anilines is 2. The van der Waals surface area contributed by atoms with E-state index in [9.17, 15) is 26.4 Å². The Labute approximate surface area is 181 Å². The Bertz CT molecular complexity index is 1130. The molecule has 0 bridgehead atoms. The number of hydrogen-bond donors (Lipinski definition) is 1. The fourth-order valence-electron chi connectivity index (χ4n) is 3.63. The number of carbonyl (C=O) groups excluding carboxylic acids is 1. The normalized spacial score (nSPS) is 17.9. The first-order valence-electron chi connectivity index (χ1n) is 9.46. The third-order valence-electron chi connectivity index (χ3n) is 5.30. The second kappa shape index (κ2) is 7.95. The van der Waals surface area contributed by atoms with E-state index in [2.05, 4.69) is 10.3 Å². The van der Waals surface area contributed by atoms with Crippen molar-refractivity contribution in [3.63, 3.8) is 0 Å². The second-order valence-corrected chi connectivity index (χ2v) is 9.63. The third kappa shape index (κ3) is 4.35. The summed E-state index contributed by atoms with van der Waals surface area (Å²) in [6.07, 6.45) is -3.05. The highest BCUT2D eigenvalue weighted by Crippen LogP contribution is 2.34. The number of fused-ring (bicyclic) bond motifs is 1. The molecule has 0 saturated carbocycles. The lowest BCUT2D eigenvalue weighted by molar-refractivity contribution is -0.137. The van der Waals surface area contributed by atoms with Crippen LogP contribution in [0, 0.1) is 0 Å². The molecule has 2 aliphatic heterocycles. The standard InChI is InChI=1S/C19H18ClF3N4O3S/c20-15-10-13(19(21,22)23)11-24-18(15)26-5-7-27(8-6-26)31(29,30)14-2-3-16-12(9-14)1-4-17(28)25-16/h2-3,9-11H,1,4-8H2,(H,25,28). The monoisotopic (exact) mass is 474 g/mol. The summed E-state index contributed by atoms with van der Waals surface area (Å²) in [5, 5.41) is 2.58. The molecule has 1 amide bonds. The molecular formula is C19H18ClF3N4O3S. The molecule has 1 fully saturated rings. The Morgan fingerprint density at radius 2 is 1.77 bits per heavy atom. The Morgan fingerprint density at radius 3 is 2.42 bits per heavy atom. The van der Waals surface area contributed by atoms with Crippen molar-refractivity contribution in [2.75, 3.05) is 36.4 Å². The number of aryl methyl sites for hydroxylation is 1. The smallest absolute Gasteiger partial charge is 0.353 e. The topological polar surface area (TPSA) is 82.6 Å². The summed E-state index contributed by atoms with van der Waals surface area (Å²) in [7, 11) is -3.76. The molecule has 1 N–H and O–H groups in total. The number of piperazine rings is 1. The highest BCUT2D eigenvalue weighted by molar-refractivity contribution is 7.89. The summed E-state index contributed by atoms with van der Waals surface area (Å²) in [5.41, 5.74) is 0.439. The van der Waals surface area contributed by atoms with E-state index in [0.29, 0.717) is 18.5 Å². The van der Waals surface area contributed by atoms with E-state index in [-0.39, 0.29) is 47.8 Å². The largest absolute Gasteiger partial charge is 0.417 e. The van der Waals surface area contributed by atoms with Gasteiger partial charge in [-0.25, -0.2) is 13.4 Å². The molecule has 1 aromatic carbocycles. The molecule has 31 heavy (non-hydrogen) atoms. The van der Waals surface area contributed by atoms with Crippen LogP contribution in [0.15, 0.2) is 35.4 Å². The Hall–Kier alpha value is -2.37. The fraction of sp³-hybridized carbons (Fsp3) is 0.368. The number of hydrogen-bond acceptors (Lipinski definition) is 5. The molecule has 1 saturated heterocycles. The van der Waals surface area contributed by atoms with E-state index >= 15 is 0 Å². The Balaban J connectivity index is 1.48. The van der Waals surface area contributed by atoms with Crippen LogP contribution in [0.1, 0.15) is 17.5 Å². The van der Waals surface area contributed by atoms with E-state index in [1.807, 2.05) is 0 Å². The minimum absolute atomic E-state index is 0.102. The quantitative estimate of drug-likeness (QED) is 0.739. The number of halogens is 4. The molecular weight excluding hydrogens is 457 g/mol. The molecule has 0 unspecified atom stereocenters. The summed E-state index contributed by atoms with van der Waals surface area (Å²) in [5.74, 6) is 0.0889. The van der Waals surface area contributed by atoms with Crippen molar-refractivity contribution in [3.05, 3.63) is 46.6 Å². The van der Waals surface area contributed by atoms with Crippen molar-refractivity contribution in [2.24, 2.45) is 0 Å². The van der Waals surface area contributed by atoms with Crippen LogP contribution in [0.4, 0.5) is 24.7 Å². The summed E-state index contributed by atoms with van der Waals surface area (Å²) in [6, 6.07) is 5.44. The number of rotatable bonds is 3. The maximum absolute atomic E-state index is 13.1. The number of carbonyl (C=O) groups is 1. The molecule has 0 atom stereocenters. The Kier molecular flexibility index (Phi) is 5.61. The van der Waals surface area contributed by atoms with Gasteiger partial charge in [-0.2, -0.15) is 17.5 Å². The molecule has 2 aliphatic rings. The van der Waals surface area contributed by atoms with Crippen molar-refractivity contribution < 1.29 is 26.4 Å². The molecule has 12 heteroatoms. The van der Waals surface area contributed by atoms with Gasteiger partial charge in [0.25, 0.3) is 0 Å². The van der Waals surface area contributed by atoms with Gasteiger partial charge in [-0.1, -0.05) is 11.6 Å². The van der Waals surface area contributed by atoms with Crippen LogP contribution < -0.4 is 10.2 Å². The lowest BCUT2D eigenvalue weighted by atomic mass is 10.0. The highest BCUT2D eigenvalue weighted by Gasteiger charge is 2.33. The minimum atomic E-state index is -4.54. The highest BCUT2D eigenvalue weighted by atomic mass is 35.5. The summed E-state index contributed by atoms with van der Waals surface area (Å²) in [6.45, 7) is 0.737. The third-order valence-corrected chi connectivity index (χ3v) is 7.47. The number of pyridine rings is 1. The van der Waals surface area contributed by atoms with Crippen molar-refractivity contribution in [1.29, 1.82) is 0 Å². The van der Waals surface area contributed by atoms with E-state index in [1.54, 1.807) is 17.0 Å². The van der Waals surface area contributed by atoms with Crippen LogP contribution in [0.3, 0.4) is 0 Å². The molecule has 0 radical (unpaired) electrons. The van der Waals surface area contributed by atoms with Gasteiger partial charge in [0.1, 0.15) is 5.82 Å². The predicted molar refractivity (Wildman–Crippen MR) is 109 cm³/mol.